The maximum atomic E-state index is 8.87. The molecule has 2 nitrogen and oxygen atoms in total. The minimum absolute atomic E-state index is 0.185. The van der Waals surface area contributed by atoms with Gasteiger partial charge in [0.25, 0.3) is 0 Å². The van der Waals surface area contributed by atoms with Gasteiger partial charge < -0.3 is 5.11 Å². The molecule has 1 heterocycles. The maximum absolute atomic E-state index is 8.87. The number of hydrogen-bond acceptors (Lipinski definition) is 2. The first-order chi connectivity index (χ1) is 5.37. The first-order valence-electron chi connectivity index (χ1n) is 4.73. The van der Waals surface area contributed by atoms with Crippen LogP contribution in [0.25, 0.3) is 0 Å². The molecule has 0 amide bonds. The van der Waals surface area contributed by atoms with Crippen molar-refractivity contribution in [3.8, 4) is 0 Å². The molecule has 2 heteroatoms. The van der Waals surface area contributed by atoms with Gasteiger partial charge >= 0.3 is 0 Å². The number of nitrogens with zero attached hydrogens (tertiary/aromatic N) is 1. The third-order valence-electron chi connectivity index (χ3n) is 2.82. The van der Waals surface area contributed by atoms with E-state index in [0.717, 1.165) is 6.42 Å². The molecule has 0 unspecified atom stereocenters. The van der Waals surface area contributed by atoms with Crippen LogP contribution in [-0.4, -0.2) is 35.2 Å². The van der Waals surface area contributed by atoms with Crippen molar-refractivity contribution in [3.05, 3.63) is 0 Å². The quantitative estimate of drug-likeness (QED) is 0.695. The van der Waals surface area contributed by atoms with Crippen molar-refractivity contribution < 1.29 is 5.11 Å². The Morgan fingerprint density at radius 3 is 2.17 bits per heavy atom. The second-order valence-electron chi connectivity index (χ2n) is 5.31. The third kappa shape index (κ3) is 1.99. The summed E-state index contributed by atoms with van der Waals surface area (Å²) in [6.45, 7) is 11.6. The van der Waals surface area contributed by atoms with Crippen molar-refractivity contribution in [1.29, 1.82) is 0 Å². The number of aliphatic hydroxyl groups excluding tert-OH is 1. The Labute approximate surface area is 75.6 Å². The second kappa shape index (κ2) is 3.00. The summed E-state index contributed by atoms with van der Waals surface area (Å²) in [4.78, 5) is 2.45. The predicted octanol–water partition coefficient (Wildman–Crippen LogP) is 1.49. The first kappa shape index (κ1) is 10.0. The van der Waals surface area contributed by atoms with E-state index in [2.05, 4.69) is 32.6 Å². The van der Waals surface area contributed by atoms with Gasteiger partial charge in [0.05, 0.1) is 0 Å². The lowest BCUT2D eigenvalue weighted by Gasteiger charge is -2.54. The first-order valence-corrected chi connectivity index (χ1v) is 4.73. The molecule has 0 aromatic rings. The van der Waals surface area contributed by atoms with E-state index >= 15 is 0 Å². The minimum atomic E-state index is 0.185. The molecule has 12 heavy (non-hydrogen) atoms. The third-order valence-corrected chi connectivity index (χ3v) is 2.82. The van der Waals surface area contributed by atoms with Gasteiger partial charge in [0.1, 0.15) is 0 Å². The average molecular weight is 171 g/mol. The topological polar surface area (TPSA) is 23.5 Å². The van der Waals surface area contributed by atoms with E-state index in [1.807, 2.05) is 0 Å². The molecule has 1 N–H and O–H groups in total. The summed E-state index contributed by atoms with van der Waals surface area (Å²) in [6.07, 6.45) is 0.878. The van der Waals surface area contributed by atoms with Gasteiger partial charge in [-0.15, -0.1) is 0 Å². The smallest absolute Gasteiger partial charge is 0.0448 e. The predicted molar refractivity (Wildman–Crippen MR) is 51.1 cm³/mol. The van der Waals surface area contributed by atoms with Gasteiger partial charge in [-0.1, -0.05) is 13.8 Å². The summed E-state index contributed by atoms with van der Waals surface area (Å²) < 4.78 is 0. The van der Waals surface area contributed by atoms with Gasteiger partial charge in [-0.3, -0.25) is 4.90 Å². The summed E-state index contributed by atoms with van der Waals surface area (Å²) >= 11 is 0. The second-order valence-corrected chi connectivity index (χ2v) is 5.31. The Kier molecular flexibility index (Phi) is 2.50. The Hall–Kier alpha value is -0.0800. The highest BCUT2D eigenvalue weighted by atomic mass is 16.3. The van der Waals surface area contributed by atoms with E-state index in [0.29, 0.717) is 12.0 Å². The molecule has 0 aromatic carbocycles. The molecule has 0 spiro atoms. The maximum Gasteiger partial charge on any atom is 0.0448 e. The van der Waals surface area contributed by atoms with E-state index in [9.17, 15) is 0 Å². The van der Waals surface area contributed by atoms with Crippen LogP contribution in [0.1, 0.15) is 34.1 Å². The van der Waals surface area contributed by atoms with E-state index in [1.54, 1.807) is 0 Å². The molecule has 1 rings (SSSR count). The van der Waals surface area contributed by atoms with E-state index in [4.69, 9.17) is 5.11 Å². The summed E-state index contributed by atoms with van der Waals surface area (Å²) in [7, 11) is 0. The minimum Gasteiger partial charge on any atom is -0.396 e. The van der Waals surface area contributed by atoms with Crippen LogP contribution in [0.2, 0.25) is 0 Å². The largest absolute Gasteiger partial charge is 0.396 e. The zero-order valence-corrected chi connectivity index (χ0v) is 8.72. The van der Waals surface area contributed by atoms with Crippen molar-refractivity contribution in [2.24, 2.45) is 5.41 Å². The molecule has 1 fully saturated rings. The van der Waals surface area contributed by atoms with Gasteiger partial charge in [-0.05, 0) is 25.7 Å². The fourth-order valence-electron chi connectivity index (χ4n) is 1.85. The molecule has 0 bridgehead atoms. The van der Waals surface area contributed by atoms with E-state index in [-0.39, 0.29) is 5.54 Å². The molecule has 72 valence electrons. The highest BCUT2D eigenvalue weighted by Gasteiger charge is 2.41. The Morgan fingerprint density at radius 1 is 1.33 bits per heavy atom. The summed E-state index contributed by atoms with van der Waals surface area (Å²) in [5, 5.41) is 8.87. The lowest BCUT2D eigenvalue weighted by atomic mass is 9.79. The van der Waals surface area contributed by atoms with Gasteiger partial charge in [0, 0.05) is 25.2 Å². The monoisotopic (exact) mass is 171 g/mol. The zero-order chi connectivity index (χ0) is 9.41. The fraction of sp³-hybridized carbons (Fsp3) is 1.00. The summed E-state index contributed by atoms with van der Waals surface area (Å²) in [5.74, 6) is 0. The molecule has 0 aliphatic carbocycles. The van der Waals surface area contributed by atoms with Gasteiger partial charge in [-0.2, -0.15) is 0 Å². The van der Waals surface area contributed by atoms with Crippen molar-refractivity contribution >= 4 is 0 Å². The molecule has 1 aliphatic rings. The molecule has 1 aliphatic heterocycles. The van der Waals surface area contributed by atoms with Crippen molar-refractivity contribution in [2.45, 2.75) is 39.7 Å². The standard InChI is InChI=1S/C10H21NO/c1-9(2)7-11(8-9)10(3,4)5-6-12/h12H,5-8H2,1-4H3. The highest BCUT2D eigenvalue weighted by molar-refractivity contribution is 4.95. The van der Waals surface area contributed by atoms with Gasteiger partial charge in [-0.25, -0.2) is 0 Å². The lowest BCUT2D eigenvalue weighted by molar-refractivity contribution is -0.0530. The van der Waals surface area contributed by atoms with Crippen LogP contribution >= 0.6 is 0 Å². The molecule has 0 radical (unpaired) electrons. The number of hydrogen-bond donors (Lipinski definition) is 1. The SMILES string of the molecule is CC1(C)CN(C(C)(C)CCO)C1. The van der Waals surface area contributed by atoms with Crippen LogP contribution in [0.5, 0.6) is 0 Å². The fourth-order valence-corrected chi connectivity index (χ4v) is 1.85. The Balaban J connectivity index is 2.40. The lowest BCUT2D eigenvalue weighted by Crippen LogP contribution is -2.61. The zero-order valence-electron chi connectivity index (χ0n) is 8.72. The number of aliphatic hydroxyl groups is 1. The van der Waals surface area contributed by atoms with Crippen molar-refractivity contribution in [2.75, 3.05) is 19.7 Å². The Morgan fingerprint density at radius 2 is 1.83 bits per heavy atom. The van der Waals surface area contributed by atoms with Crippen molar-refractivity contribution in [1.82, 2.24) is 4.90 Å². The van der Waals surface area contributed by atoms with Gasteiger partial charge in [0.15, 0.2) is 0 Å². The normalized spacial score (nSPS) is 23.8. The van der Waals surface area contributed by atoms with Crippen LogP contribution in [0.15, 0.2) is 0 Å². The van der Waals surface area contributed by atoms with Crippen LogP contribution < -0.4 is 0 Å². The van der Waals surface area contributed by atoms with E-state index < -0.39 is 0 Å². The molecule has 0 aromatic heterocycles. The van der Waals surface area contributed by atoms with Crippen LogP contribution in [0, 0.1) is 5.41 Å². The molecular weight excluding hydrogens is 150 g/mol. The van der Waals surface area contributed by atoms with Crippen LogP contribution in [0.3, 0.4) is 0 Å². The number of likely N-dealkylation sites (tertiary alicyclic amines) is 1. The summed E-state index contributed by atoms with van der Waals surface area (Å²) in [6, 6.07) is 0. The van der Waals surface area contributed by atoms with Crippen LogP contribution in [0.4, 0.5) is 0 Å². The van der Waals surface area contributed by atoms with Crippen molar-refractivity contribution in [3.63, 3.8) is 0 Å². The Bertz CT molecular complexity index is 155. The van der Waals surface area contributed by atoms with E-state index in [1.165, 1.54) is 13.1 Å². The van der Waals surface area contributed by atoms with Gasteiger partial charge in [0.2, 0.25) is 0 Å². The summed E-state index contributed by atoms with van der Waals surface area (Å²) in [5.41, 5.74) is 0.678. The molecule has 0 atom stereocenters. The average Bonchev–Trinajstić information content (AvgIpc) is 1.82. The number of rotatable bonds is 3. The molecular formula is C10H21NO. The molecule has 0 saturated carbocycles. The highest BCUT2D eigenvalue weighted by Crippen LogP contribution is 2.35. The van der Waals surface area contributed by atoms with Crippen LogP contribution in [-0.2, 0) is 0 Å². The molecule has 1 saturated heterocycles.